The number of carboxylic acids is 1. The number of ether oxygens (including phenoxy) is 1. The summed E-state index contributed by atoms with van der Waals surface area (Å²) in [7, 11) is 0. The van der Waals surface area contributed by atoms with Crippen LogP contribution >= 0.6 is 0 Å². The minimum absolute atomic E-state index is 0.0276. The third kappa shape index (κ3) is 2.94. The van der Waals surface area contributed by atoms with E-state index < -0.39 is 11.5 Å². The molecule has 31 heavy (non-hydrogen) atoms. The zero-order valence-corrected chi connectivity index (χ0v) is 17.9. The van der Waals surface area contributed by atoms with Crippen molar-refractivity contribution in [2.45, 2.75) is 31.7 Å². The van der Waals surface area contributed by atoms with E-state index in [0.29, 0.717) is 5.57 Å². The fourth-order valence-electron chi connectivity index (χ4n) is 4.71. The summed E-state index contributed by atoms with van der Waals surface area (Å²) in [6.45, 7) is 6.73. The summed E-state index contributed by atoms with van der Waals surface area (Å²) in [6.07, 6.45) is 0. The molecular formula is C27H25NO3. The predicted molar refractivity (Wildman–Crippen MR) is 122 cm³/mol. The second-order valence-electron chi connectivity index (χ2n) is 9.24. The number of carboxylic acid groups (broad SMARTS) is 1. The first-order chi connectivity index (χ1) is 14.8. The van der Waals surface area contributed by atoms with Gasteiger partial charge < -0.3 is 15.2 Å². The molecule has 5 rings (SSSR count). The third-order valence-corrected chi connectivity index (χ3v) is 6.27. The molecule has 156 valence electrons. The van der Waals surface area contributed by atoms with Gasteiger partial charge in [-0.05, 0) is 39.8 Å². The molecule has 0 saturated heterocycles. The van der Waals surface area contributed by atoms with E-state index in [-0.39, 0.29) is 12.0 Å². The standard InChI is InChI=1S/C27H25NO3/c1-26(2,3)18-14-12-17(13-15-18)23-19-8-4-5-9-20(19)27(24(23)25(29)30)16-31-22-11-7-6-10-21(22)28-27/h4-15,28H,16H2,1-3H3,(H,29,30). The Labute approximate surface area is 182 Å². The van der Waals surface area contributed by atoms with E-state index in [1.807, 2.05) is 60.7 Å². The van der Waals surface area contributed by atoms with Crippen molar-refractivity contribution in [3.05, 3.63) is 101 Å². The Morgan fingerprint density at radius 2 is 1.65 bits per heavy atom. The molecule has 0 saturated carbocycles. The average Bonchev–Trinajstić information content (AvgIpc) is 3.03. The molecule has 1 spiro atoms. The van der Waals surface area contributed by atoms with Crippen LogP contribution in [-0.2, 0) is 15.7 Å². The number of fused-ring (bicyclic) bond motifs is 3. The molecule has 3 aromatic carbocycles. The van der Waals surface area contributed by atoms with Gasteiger partial charge in [0.1, 0.15) is 17.9 Å². The Kier molecular flexibility index (Phi) is 4.23. The molecule has 0 radical (unpaired) electrons. The van der Waals surface area contributed by atoms with Gasteiger partial charge >= 0.3 is 5.97 Å². The molecule has 1 aliphatic heterocycles. The van der Waals surface area contributed by atoms with Gasteiger partial charge in [0.15, 0.2) is 0 Å². The van der Waals surface area contributed by atoms with Gasteiger partial charge in [-0.3, -0.25) is 0 Å². The number of nitrogens with one attached hydrogen (secondary N) is 1. The van der Waals surface area contributed by atoms with Crippen LogP contribution in [0, 0.1) is 0 Å². The van der Waals surface area contributed by atoms with E-state index in [2.05, 4.69) is 38.2 Å². The fourth-order valence-corrected chi connectivity index (χ4v) is 4.71. The minimum Gasteiger partial charge on any atom is -0.488 e. The van der Waals surface area contributed by atoms with E-state index in [4.69, 9.17) is 4.74 Å². The van der Waals surface area contributed by atoms with Crippen molar-refractivity contribution in [2.24, 2.45) is 0 Å². The lowest BCUT2D eigenvalue weighted by atomic mass is 9.84. The topological polar surface area (TPSA) is 58.6 Å². The van der Waals surface area contributed by atoms with Crippen LogP contribution in [-0.4, -0.2) is 17.7 Å². The minimum atomic E-state index is -0.950. The third-order valence-electron chi connectivity index (χ3n) is 6.27. The Morgan fingerprint density at radius 3 is 2.35 bits per heavy atom. The first kappa shape index (κ1) is 19.4. The van der Waals surface area contributed by atoms with Crippen molar-refractivity contribution in [3.8, 4) is 5.75 Å². The van der Waals surface area contributed by atoms with Gasteiger partial charge in [-0.2, -0.15) is 0 Å². The smallest absolute Gasteiger partial charge is 0.335 e. The van der Waals surface area contributed by atoms with Crippen LogP contribution in [0.5, 0.6) is 5.75 Å². The molecule has 0 amide bonds. The van der Waals surface area contributed by atoms with Crippen molar-refractivity contribution >= 4 is 17.2 Å². The Morgan fingerprint density at radius 1 is 0.968 bits per heavy atom. The number of aliphatic carboxylic acids is 1. The van der Waals surface area contributed by atoms with Gasteiger partial charge in [0, 0.05) is 5.57 Å². The van der Waals surface area contributed by atoms with Crippen LogP contribution in [0.1, 0.15) is 43.0 Å². The molecule has 4 nitrogen and oxygen atoms in total. The molecule has 1 heterocycles. The monoisotopic (exact) mass is 411 g/mol. The van der Waals surface area contributed by atoms with Gasteiger partial charge in [0.2, 0.25) is 0 Å². The normalized spacial score (nSPS) is 19.5. The van der Waals surface area contributed by atoms with Crippen LogP contribution in [0.25, 0.3) is 5.57 Å². The summed E-state index contributed by atoms with van der Waals surface area (Å²) in [5.74, 6) is -0.208. The van der Waals surface area contributed by atoms with Crippen molar-refractivity contribution in [1.29, 1.82) is 0 Å². The number of carbonyl (C=O) groups is 1. The summed E-state index contributed by atoms with van der Waals surface area (Å²) in [5.41, 5.74) is 4.92. The highest BCUT2D eigenvalue weighted by molar-refractivity contribution is 6.08. The first-order valence-electron chi connectivity index (χ1n) is 10.5. The van der Waals surface area contributed by atoms with Crippen LogP contribution in [0.4, 0.5) is 5.69 Å². The lowest BCUT2D eigenvalue weighted by Gasteiger charge is -2.38. The predicted octanol–water partition coefficient (Wildman–Crippen LogP) is 5.58. The zero-order chi connectivity index (χ0) is 21.8. The van der Waals surface area contributed by atoms with Crippen molar-refractivity contribution in [2.75, 3.05) is 11.9 Å². The molecule has 2 N–H and O–H groups in total. The Hall–Kier alpha value is -3.53. The summed E-state index contributed by atoms with van der Waals surface area (Å²) in [5, 5.41) is 13.9. The highest BCUT2D eigenvalue weighted by atomic mass is 16.5. The van der Waals surface area contributed by atoms with Crippen LogP contribution < -0.4 is 10.1 Å². The van der Waals surface area contributed by atoms with Crippen molar-refractivity contribution in [3.63, 3.8) is 0 Å². The van der Waals surface area contributed by atoms with E-state index in [0.717, 1.165) is 33.7 Å². The molecule has 3 aromatic rings. The maximum absolute atomic E-state index is 12.7. The summed E-state index contributed by atoms with van der Waals surface area (Å²) in [6, 6.07) is 23.8. The molecule has 1 unspecified atom stereocenters. The lowest BCUT2D eigenvalue weighted by Crippen LogP contribution is -2.46. The molecule has 0 fully saturated rings. The number of benzene rings is 3. The number of para-hydroxylation sites is 2. The number of rotatable bonds is 2. The Bertz CT molecular complexity index is 1220. The van der Waals surface area contributed by atoms with Crippen molar-refractivity contribution in [1.82, 2.24) is 0 Å². The molecule has 1 aliphatic carbocycles. The zero-order valence-electron chi connectivity index (χ0n) is 17.9. The van der Waals surface area contributed by atoms with Gasteiger partial charge in [-0.15, -0.1) is 0 Å². The van der Waals surface area contributed by atoms with Gasteiger partial charge in [-0.1, -0.05) is 81.4 Å². The van der Waals surface area contributed by atoms with Gasteiger partial charge in [0.05, 0.1) is 11.3 Å². The van der Waals surface area contributed by atoms with Crippen LogP contribution in [0.2, 0.25) is 0 Å². The lowest BCUT2D eigenvalue weighted by molar-refractivity contribution is -0.133. The van der Waals surface area contributed by atoms with Gasteiger partial charge in [-0.25, -0.2) is 4.79 Å². The quantitative estimate of drug-likeness (QED) is 0.578. The maximum atomic E-state index is 12.7. The first-order valence-corrected chi connectivity index (χ1v) is 10.5. The Balaban J connectivity index is 1.74. The maximum Gasteiger partial charge on any atom is 0.335 e. The van der Waals surface area contributed by atoms with Gasteiger partial charge in [0.25, 0.3) is 0 Å². The van der Waals surface area contributed by atoms with E-state index in [1.165, 1.54) is 5.56 Å². The van der Waals surface area contributed by atoms with Crippen LogP contribution in [0.3, 0.4) is 0 Å². The molecule has 2 aliphatic rings. The second-order valence-corrected chi connectivity index (χ2v) is 9.24. The van der Waals surface area contributed by atoms with E-state index in [9.17, 15) is 9.90 Å². The summed E-state index contributed by atoms with van der Waals surface area (Å²) < 4.78 is 6.09. The van der Waals surface area contributed by atoms with Crippen LogP contribution in [0.15, 0.2) is 78.4 Å². The fraction of sp³-hybridized carbons (Fsp3) is 0.222. The molecular weight excluding hydrogens is 386 g/mol. The number of hydrogen-bond donors (Lipinski definition) is 2. The molecule has 1 atom stereocenters. The second kappa shape index (κ2) is 6.74. The molecule has 0 bridgehead atoms. The summed E-state index contributed by atoms with van der Waals surface area (Å²) in [4.78, 5) is 12.7. The highest BCUT2D eigenvalue weighted by Gasteiger charge is 2.51. The number of anilines is 1. The average molecular weight is 412 g/mol. The van der Waals surface area contributed by atoms with E-state index in [1.54, 1.807) is 0 Å². The SMILES string of the molecule is CC(C)(C)c1ccc(C2=C(C(=O)O)C3(COc4ccccc4N3)c3ccccc32)cc1. The summed E-state index contributed by atoms with van der Waals surface area (Å²) >= 11 is 0. The van der Waals surface area contributed by atoms with E-state index >= 15 is 0 Å². The largest absolute Gasteiger partial charge is 0.488 e. The number of hydrogen-bond acceptors (Lipinski definition) is 3. The molecule has 4 heteroatoms. The molecule has 0 aromatic heterocycles. The van der Waals surface area contributed by atoms with Crippen molar-refractivity contribution < 1.29 is 14.6 Å². The highest BCUT2D eigenvalue weighted by Crippen LogP contribution is 2.52.